The van der Waals surface area contributed by atoms with Gasteiger partial charge in [-0.3, -0.25) is 4.79 Å². The van der Waals surface area contributed by atoms with Crippen LogP contribution in [0.15, 0.2) is 84.9 Å². The molecule has 0 aromatic heterocycles. The lowest BCUT2D eigenvalue weighted by molar-refractivity contribution is -0.115. The van der Waals surface area contributed by atoms with Gasteiger partial charge in [0, 0.05) is 5.57 Å². The highest BCUT2D eigenvalue weighted by atomic mass is 16.5. The van der Waals surface area contributed by atoms with E-state index >= 15 is 0 Å². The minimum Gasteiger partial charge on any atom is -0.491 e. The van der Waals surface area contributed by atoms with E-state index < -0.39 is 0 Å². The Balaban J connectivity index is 1.67. The molecule has 0 saturated heterocycles. The van der Waals surface area contributed by atoms with Gasteiger partial charge in [-0.2, -0.15) is 0 Å². The number of carbonyl (C=O) groups is 1. The molecule has 0 heterocycles. The van der Waals surface area contributed by atoms with Gasteiger partial charge < -0.3 is 10.1 Å². The van der Waals surface area contributed by atoms with Gasteiger partial charge in [0.05, 0.1) is 6.54 Å². The predicted molar refractivity (Wildman–Crippen MR) is 110 cm³/mol. The highest BCUT2D eigenvalue weighted by molar-refractivity contribution is 6.24. The van der Waals surface area contributed by atoms with Crippen LogP contribution in [0, 0.1) is 6.92 Å². The molecule has 3 aromatic carbocycles. The summed E-state index contributed by atoms with van der Waals surface area (Å²) in [5, 5.41) is 2.96. The van der Waals surface area contributed by atoms with Gasteiger partial charge in [0.15, 0.2) is 0 Å². The van der Waals surface area contributed by atoms with E-state index in [4.69, 9.17) is 4.74 Å². The number of rotatable bonds is 7. The van der Waals surface area contributed by atoms with Gasteiger partial charge in [-0.1, -0.05) is 78.9 Å². The van der Waals surface area contributed by atoms with E-state index in [9.17, 15) is 4.79 Å². The van der Waals surface area contributed by atoms with Crippen LogP contribution in [0.4, 0.5) is 0 Å². The maximum atomic E-state index is 12.8. The molecular weight excluding hydrogens is 334 g/mol. The van der Waals surface area contributed by atoms with Crippen LogP contribution in [-0.2, 0) is 4.79 Å². The third-order valence-electron chi connectivity index (χ3n) is 4.18. The molecule has 0 aliphatic rings. The first kappa shape index (κ1) is 18.5. The maximum Gasteiger partial charge on any atom is 0.252 e. The standard InChI is InChI=1S/C24H23NO2/c1-19-10-8-9-15-23(19)27-17-16-25-24(26)22(21-13-6-3-7-14-21)18-20-11-4-2-5-12-20/h2-15,18H,16-17H2,1H3,(H,25,26)/b22-18+. The van der Waals surface area contributed by atoms with Crippen molar-refractivity contribution in [2.24, 2.45) is 0 Å². The van der Waals surface area contributed by atoms with Gasteiger partial charge in [-0.05, 0) is 35.8 Å². The number of para-hydroxylation sites is 1. The lowest BCUT2D eigenvalue weighted by Gasteiger charge is -2.12. The van der Waals surface area contributed by atoms with Gasteiger partial charge in [0.25, 0.3) is 5.91 Å². The van der Waals surface area contributed by atoms with Gasteiger partial charge in [0.1, 0.15) is 12.4 Å². The Hall–Kier alpha value is -3.33. The van der Waals surface area contributed by atoms with Crippen LogP contribution >= 0.6 is 0 Å². The molecule has 3 heteroatoms. The third kappa shape index (κ3) is 5.32. The van der Waals surface area contributed by atoms with Crippen molar-refractivity contribution in [1.82, 2.24) is 5.32 Å². The molecule has 1 amide bonds. The fraction of sp³-hybridized carbons (Fsp3) is 0.125. The summed E-state index contributed by atoms with van der Waals surface area (Å²) in [5.74, 6) is 0.730. The van der Waals surface area contributed by atoms with E-state index in [0.29, 0.717) is 18.7 Å². The Kier molecular flexibility index (Phi) is 6.42. The van der Waals surface area contributed by atoms with Crippen molar-refractivity contribution < 1.29 is 9.53 Å². The van der Waals surface area contributed by atoms with E-state index in [2.05, 4.69) is 5.32 Å². The third-order valence-corrected chi connectivity index (χ3v) is 4.18. The Morgan fingerprint density at radius 1 is 0.889 bits per heavy atom. The van der Waals surface area contributed by atoms with Crippen LogP contribution in [0.1, 0.15) is 16.7 Å². The van der Waals surface area contributed by atoms with Gasteiger partial charge in [-0.25, -0.2) is 0 Å². The molecule has 3 nitrogen and oxygen atoms in total. The fourth-order valence-electron chi connectivity index (χ4n) is 2.75. The highest BCUT2D eigenvalue weighted by Crippen LogP contribution is 2.19. The topological polar surface area (TPSA) is 38.3 Å². The molecule has 0 aliphatic carbocycles. The average molecular weight is 357 g/mol. The zero-order valence-corrected chi connectivity index (χ0v) is 15.4. The highest BCUT2D eigenvalue weighted by Gasteiger charge is 2.11. The largest absolute Gasteiger partial charge is 0.491 e. The van der Waals surface area contributed by atoms with Crippen LogP contribution in [0.25, 0.3) is 11.6 Å². The smallest absolute Gasteiger partial charge is 0.252 e. The van der Waals surface area contributed by atoms with Crippen LogP contribution in [0.2, 0.25) is 0 Å². The molecular formula is C24H23NO2. The van der Waals surface area contributed by atoms with Gasteiger partial charge in [-0.15, -0.1) is 0 Å². The number of nitrogens with one attached hydrogen (secondary N) is 1. The summed E-state index contributed by atoms with van der Waals surface area (Å²) in [6.07, 6.45) is 1.91. The normalized spacial score (nSPS) is 11.1. The number of aryl methyl sites for hydroxylation is 1. The van der Waals surface area contributed by atoms with Gasteiger partial charge in [0.2, 0.25) is 0 Å². The molecule has 0 bridgehead atoms. The van der Waals surface area contributed by atoms with Crippen molar-refractivity contribution in [3.63, 3.8) is 0 Å². The molecule has 1 N–H and O–H groups in total. The van der Waals surface area contributed by atoms with Crippen molar-refractivity contribution in [3.05, 3.63) is 102 Å². The van der Waals surface area contributed by atoms with E-state index in [1.165, 1.54) is 0 Å². The number of amides is 1. The van der Waals surface area contributed by atoms with E-state index in [-0.39, 0.29) is 5.91 Å². The molecule has 0 radical (unpaired) electrons. The summed E-state index contributed by atoms with van der Waals surface area (Å²) in [6.45, 7) is 2.86. The lowest BCUT2D eigenvalue weighted by Crippen LogP contribution is -2.28. The van der Waals surface area contributed by atoms with E-state index in [1.54, 1.807) is 0 Å². The summed E-state index contributed by atoms with van der Waals surface area (Å²) < 4.78 is 5.76. The number of carbonyl (C=O) groups excluding carboxylic acids is 1. The zero-order chi connectivity index (χ0) is 18.9. The number of ether oxygens (including phenoxy) is 1. The van der Waals surface area contributed by atoms with Crippen LogP contribution in [0.5, 0.6) is 5.75 Å². The Labute approximate surface area is 160 Å². The molecule has 0 saturated carbocycles. The van der Waals surface area contributed by atoms with Crippen LogP contribution in [0.3, 0.4) is 0 Å². The fourth-order valence-corrected chi connectivity index (χ4v) is 2.75. The lowest BCUT2D eigenvalue weighted by atomic mass is 10.0. The minimum atomic E-state index is -0.113. The number of hydrogen-bond acceptors (Lipinski definition) is 2. The molecule has 136 valence electrons. The maximum absolute atomic E-state index is 12.8. The van der Waals surface area contributed by atoms with Crippen molar-refractivity contribution in [2.45, 2.75) is 6.92 Å². The summed E-state index contributed by atoms with van der Waals surface area (Å²) >= 11 is 0. The summed E-state index contributed by atoms with van der Waals surface area (Å²) in [7, 11) is 0. The Morgan fingerprint density at radius 2 is 1.52 bits per heavy atom. The Morgan fingerprint density at radius 3 is 2.22 bits per heavy atom. The summed E-state index contributed by atoms with van der Waals surface area (Å²) in [4.78, 5) is 12.8. The molecule has 0 aliphatic heterocycles. The predicted octanol–water partition coefficient (Wildman–Crippen LogP) is 4.73. The monoisotopic (exact) mass is 357 g/mol. The second kappa shape index (κ2) is 9.39. The molecule has 3 rings (SSSR count). The summed E-state index contributed by atoms with van der Waals surface area (Å²) in [6, 6.07) is 27.4. The first-order valence-electron chi connectivity index (χ1n) is 9.03. The second-order valence-corrected chi connectivity index (χ2v) is 6.20. The van der Waals surface area contributed by atoms with Crippen LogP contribution in [-0.4, -0.2) is 19.1 Å². The van der Waals surface area contributed by atoms with E-state index in [1.807, 2.05) is 97.9 Å². The molecule has 27 heavy (non-hydrogen) atoms. The quantitative estimate of drug-likeness (QED) is 0.377. The average Bonchev–Trinajstić information content (AvgIpc) is 2.72. The van der Waals surface area contributed by atoms with Crippen molar-refractivity contribution >= 4 is 17.6 Å². The SMILES string of the molecule is Cc1ccccc1OCCNC(=O)/C(=C/c1ccccc1)c1ccccc1. The Bertz CT molecular complexity index is 902. The van der Waals surface area contributed by atoms with Crippen molar-refractivity contribution in [2.75, 3.05) is 13.2 Å². The molecule has 0 unspecified atom stereocenters. The van der Waals surface area contributed by atoms with Crippen molar-refractivity contribution in [3.8, 4) is 5.75 Å². The van der Waals surface area contributed by atoms with Crippen LogP contribution < -0.4 is 10.1 Å². The van der Waals surface area contributed by atoms with Gasteiger partial charge >= 0.3 is 0 Å². The minimum absolute atomic E-state index is 0.113. The number of hydrogen-bond donors (Lipinski definition) is 1. The first-order valence-corrected chi connectivity index (χ1v) is 9.03. The second-order valence-electron chi connectivity index (χ2n) is 6.20. The number of benzene rings is 3. The van der Waals surface area contributed by atoms with E-state index in [0.717, 1.165) is 22.4 Å². The first-order chi connectivity index (χ1) is 13.2. The molecule has 0 spiro atoms. The molecule has 0 atom stereocenters. The zero-order valence-electron chi connectivity index (χ0n) is 15.4. The van der Waals surface area contributed by atoms with Crippen molar-refractivity contribution in [1.29, 1.82) is 0 Å². The molecule has 0 fully saturated rings. The summed E-state index contributed by atoms with van der Waals surface area (Å²) in [5.41, 5.74) is 3.59. The molecule has 3 aromatic rings.